The third-order valence-corrected chi connectivity index (χ3v) is 10.1. The van der Waals surface area contributed by atoms with Crippen molar-refractivity contribution in [3.05, 3.63) is 103 Å². The molecule has 1 aliphatic carbocycles. The van der Waals surface area contributed by atoms with Crippen LogP contribution in [0.4, 0.5) is 0 Å². The molecule has 2 heterocycles. The summed E-state index contributed by atoms with van der Waals surface area (Å²) >= 11 is 5.64. The number of fused-ring (bicyclic) bond motifs is 1. The second-order valence-corrected chi connectivity index (χ2v) is 12.6. The van der Waals surface area contributed by atoms with E-state index in [1.54, 1.807) is 24.4 Å². The molecule has 1 aliphatic rings. The van der Waals surface area contributed by atoms with Crippen molar-refractivity contribution in [2.24, 2.45) is 5.73 Å². The Morgan fingerprint density at radius 2 is 1.82 bits per heavy atom. The molecule has 1 saturated carbocycles. The van der Waals surface area contributed by atoms with Gasteiger partial charge in [-0.15, -0.1) is 0 Å². The Bertz CT molecular complexity index is 1610. The number of carbonyl (C=O) groups excluding carboxylic acids is 1. The second-order valence-electron chi connectivity index (χ2n) is 10.2. The predicted octanol–water partition coefficient (Wildman–Crippen LogP) is 4.28. The van der Waals surface area contributed by atoms with Crippen molar-refractivity contribution < 1.29 is 17.9 Å². The van der Waals surface area contributed by atoms with Crippen molar-refractivity contribution in [2.45, 2.75) is 54.6 Å². The fourth-order valence-electron chi connectivity index (χ4n) is 5.58. The average molecular weight is 577 g/mol. The molecular formula is C30H32N4O4S2. The van der Waals surface area contributed by atoms with E-state index in [-0.39, 0.29) is 16.3 Å². The molecule has 2 aromatic carbocycles. The van der Waals surface area contributed by atoms with Crippen LogP contribution < -0.4 is 5.73 Å². The average Bonchev–Trinajstić information content (AvgIpc) is 3.45. The molecule has 208 valence electrons. The van der Waals surface area contributed by atoms with E-state index in [4.69, 9.17) is 22.7 Å². The maximum absolute atomic E-state index is 14.0. The van der Waals surface area contributed by atoms with Crippen molar-refractivity contribution in [3.63, 3.8) is 0 Å². The molecule has 2 unspecified atom stereocenters. The van der Waals surface area contributed by atoms with Crippen molar-refractivity contribution >= 4 is 38.8 Å². The number of benzene rings is 2. The minimum absolute atomic E-state index is 0.104. The van der Waals surface area contributed by atoms with Crippen LogP contribution in [0.2, 0.25) is 0 Å². The second kappa shape index (κ2) is 11.5. The number of nitrogens with zero attached hydrogens (tertiary/aromatic N) is 3. The number of pyridine rings is 1. The van der Waals surface area contributed by atoms with Gasteiger partial charge in [0, 0.05) is 25.6 Å². The molecule has 0 spiro atoms. The number of sulfonamides is 1. The number of ether oxygens (including phenoxy) is 1. The largest absolute Gasteiger partial charge is 0.460 e. The van der Waals surface area contributed by atoms with Crippen LogP contribution in [0, 0.1) is 0 Å². The lowest BCUT2D eigenvalue weighted by Gasteiger charge is -2.43. The Morgan fingerprint density at radius 3 is 2.52 bits per heavy atom. The highest BCUT2D eigenvalue weighted by Crippen LogP contribution is 2.42. The third-order valence-electron chi connectivity index (χ3n) is 7.84. The smallest absolute Gasteiger partial charge is 0.325 e. The molecule has 0 amide bonds. The zero-order chi connectivity index (χ0) is 28.3. The minimum atomic E-state index is -3.99. The van der Waals surface area contributed by atoms with Gasteiger partial charge in [0.05, 0.1) is 15.3 Å². The minimum Gasteiger partial charge on any atom is -0.460 e. The first kappa shape index (κ1) is 27.9. The molecule has 10 heteroatoms. The first-order valence-electron chi connectivity index (χ1n) is 13.2. The maximum Gasteiger partial charge on any atom is 0.325 e. The van der Waals surface area contributed by atoms with E-state index in [1.165, 1.54) is 19.2 Å². The predicted molar refractivity (Wildman–Crippen MR) is 157 cm³/mol. The molecule has 5 rings (SSSR count). The van der Waals surface area contributed by atoms with Crippen LogP contribution in [0.1, 0.15) is 36.8 Å². The summed E-state index contributed by atoms with van der Waals surface area (Å²) in [6.07, 6.45) is 7.84. The van der Waals surface area contributed by atoms with Gasteiger partial charge in [-0.05, 0) is 55.0 Å². The fourth-order valence-corrected chi connectivity index (χ4v) is 7.26. The normalized spacial score (nSPS) is 20.3. The summed E-state index contributed by atoms with van der Waals surface area (Å²) in [5.74, 6) is -0.637. The summed E-state index contributed by atoms with van der Waals surface area (Å²) in [4.78, 5) is 18.7. The molecule has 8 nitrogen and oxygen atoms in total. The molecule has 1 fully saturated rings. The number of hydrogen-bond donors (Lipinski definition) is 1. The topological polar surface area (TPSA) is 107 Å². The third kappa shape index (κ3) is 5.26. The van der Waals surface area contributed by atoms with Crippen molar-refractivity contribution in [1.29, 1.82) is 0 Å². The summed E-state index contributed by atoms with van der Waals surface area (Å²) in [6.45, 7) is 0. The summed E-state index contributed by atoms with van der Waals surface area (Å²) in [5.41, 5.74) is 7.97. The SMILES string of the molecule is CN([C@@H](Cc1ccccc1)C(=O)OC1CCCCC1(C(N)=S)c1ccc2nccn2c1)S(=O)(=O)c1ccccc1. The van der Waals surface area contributed by atoms with Gasteiger partial charge in [-0.1, -0.05) is 73.2 Å². The molecule has 2 aromatic heterocycles. The number of imidazole rings is 1. The van der Waals surface area contributed by atoms with Gasteiger partial charge in [0.1, 0.15) is 17.8 Å². The lowest BCUT2D eigenvalue weighted by molar-refractivity contribution is -0.157. The number of hydrogen-bond acceptors (Lipinski definition) is 6. The molecule has 3 atom stereocenters. The number of likely N-dealkylation sites (N-methyl/N-ethyl adjacent to an activating group) is 1. The molecule has 4 aromatic rings. The lowest BCUT2D eigenvalue weighted by atomic mass is 9.67. The highest BCUT2D eigenvalue weighted by Gasteiger charge is 2.48. The summed E-state index contributed by atoms with van der Waals surface area (Å²) in [5, 5.41) is 0. The molecule has 0 aliphatic heterocycles. The molecule has 0 bridgehead atoms. The molecule has 0 saturated heterocycles. The zero-order valence-electron chi connectivity index (χ0n) is 22.2. The van der Waals surface area contributed by atoms with Gasteiger partial charge in [-0.2, -0.15) is 4.31 Å². The van der Waals surface area contributed by atoms with E-state index >= 15 is 0 Å². The van der Waals surface area contributed by atoms with Gasteiger partial charge in [0.15, 0.2) is 0 Å². The van der Waals surface area contributed by atoms with E-state index in [0.717, 1.165) is 33.9 Å². The number of thiocarbonyl (C=S) groups is 1. The van der Waals surface area contributed by atoms with Crippen LogP contribution in [0.3, 0.4) is 0 Å². The van der Waals surface area contributed by atoms with Crippen molar-refractivity contribution in [3.8, 4) is 0 Å². The molecule has 40 heavy (non-hydrogen) atoms. The molecular weight excluding hydrogens is 544 g/mol. The quantitative estimate of drug-likeness (QED) is 0.234. The van der Waals surface area contributed by atoms with Crippen LogP contribution >= 0.6 is 12.2 Å². The number of carbonyl (C=O) groups is 1. The molecule has 0 radical (unpaired) electrons. The standard InChI is InChI=1S/C30H32N4O4S2/c1-33(40(36,37)24-12-6-3-7-13-24)25(20-22-10-4-2-5-11-22)28(35)38-26-14-8-9-17-30(26,29(31)39)23-15-16-27-32-18-19-34(27)21-23/h2-7,10-13,15-16,18-19,21,25-26H,8-9,14,17,20H2,1H3,(H2,31,39)/t25-,26?,30?/m0/s1. The van der Waals surface area contributed by atoms with E-state index in [9.17, 15) is 13.2 Å². The Morgan fingerprint density at radius 1 is 1.12 bits per heavy atom. The number of esters is 1. The number of rotatable bonds is 9. The first-order chi connectivity index (χ1) is 19.2. The van der Waals surface area contributed by atoms with Crippen LogP contribution in [0.5, 0.6) is 0 Å². The highest BCUT2D eigenvalue weighted by molar-refractivity contribution is 7.89. The van der Waals surface area contributed by atoms with Crippen molar-refractivity contribution in [2.75, 3.05) is 7.05 Å². The zero-order valence-corrected chi connectivity index (χ0v) is 23.9. The lowest BCUT2D eigenvalue weighted by Crippen LogP contribution is -2.55. The number of nitrogens with two attached hydrogens (primary N) is 1. The monoisotopic (exact) mass is 576 g/mol. The van der Waals surface area contributed by atoms with Gasteiger partial charge in [-0.25, -0.2) is 13.4 Å². The Kier molecular flexibility index (Phi) is 8.02. The summed E-state index contributed by atoms with van der Waals surface area (Å²) in [6, 6.07) is 20.1. The first-order valence-corrected chi connectivity index (χ1v) is 15.1. The number of aromatic nitrogens is 2. The van der Waals surface area contributed by atoms with Crippen LogP contribution in [-0.4, -0.2) is 52.3 Å². The highest BCUT2D eigenvalue weighted by atomic mass is 32.2. The van der Waals surface area contributed by atoms with E-state index in [1.807, 2.05) is 59.3 Å². The van der Waals surface area contributed by atoms with Crippen LogP contribution in [-0.2, 0) is 31.4 Å². The Hall–Kier alpha value is -3.60. The van der Waals surface area contributed by atoms with E-state index in [2.05, 4.69) is 4.98 Å². The van der Waals surface area contributed by atoms with E-state index < -0.39 is 33.6 Å². The van der Waals surface area contributed by atoms with Gasteiger partial charge in [0.25, 0.3) is 0 Å². The fraction of sp³-hybridized carbons (Fsp3) is 0.300. The van der Waals surface area contributed by atoms with Gasteiger partial charge in [-0.3, -0.25) is 4.79 Å². The van der Waals surface area contributed by atoms with E-state index in [0.29, 0.717) is 12.8 Å². The molecule has 2 N–H and O–H groups in total. The Labute approximate surface area is 239 Å². The maximum atomic E-state index is 14.0. The van der Waals surface area contributed by atoms with Crippen LogP contribution in [0.15, 0.2) is 96.3 Å². The van der Waals surface area contributed by atoms with Gasteiger partial charge >= 0.3 is 5.97 Å². The van der Waals surface area contributed by atoms with Crippen molar-refractivity contribution in [1.82, 2.24) is 13.7 Å². The summed E-state index contributed by atoms with van der Waals surface area (Å²) in [7, 11) is -2.57. The van der Waals surface area contributed by atoms with Gasteiger partial charge in [0.2, 0.25) is 10.0 Å². The Balaban J connectivity index is 1.51. The van der Waals surface area contributed by atoms with Crippen LogP contribution in [0.25, 0.3) is 5.65 Å². The van der Waals surface area contributed by atoms with Gasteiger partial charge < -0.3 is 14.9 Å². The summed E-state index contributed by atoms with van der Waals surface area (Å²) < 4.78 is 36.4.